The number of benzene rings is 1. The number of likely N-dealkylation sites (N-methyl/N-ethyl adjacent to an activating group) is 1. The summed E-state index contributed by atoms with van der Waals surface area (Å²) in [5.41, 5.74) is 7.08. The van der Waals surface area contributed by atoms with Crippen molar-refractivity contribution in [3.63, 3.8) is 0 Å². The van der Waals surface area contributed by atoms with Crippen molar-refractivity contribution in [1.82, 2.24) is 5.32 Å². The molecule has 3 N–H and O–H groups in total. The molecule has 0 aliphatic carbocycles. The quantitative estimate of drug-likeness (QED) is 0.834. The molecule has 0 aliphatic rings. The van der Waals surface area contributed by atoms with Crippen molar-refractivity contribution in [2.45, 2.75) is 19.9 Å². The summed E-state index contributed by atoms with van der Waals surface area (Å²) in [5, 5.41) is 3.63. The minimum absolute atomic E-state index is 0.263. The molecule has 0 bridgehead atoms. The summed E-state index contributed by atoms with van der Waals surface area (Å²) in [5.74, 6) is -0.263. The highest BCUT2D eigenvalue weighted by molar-refractivity contribution is 6.31. The van der Waals surface area contributed by atoms with Crippen LogP contribution in [0, 0.1) is 12.7 Å². The standard InChI is InChI=1S/C11H16ClFN2/c1-3-15-6-11(14)8-5-10(13)7(2)4-9(8)12/h4-5,11,15H,3,6,14H2,1-2H3. The lowest BCUT2D eigenvalue weighted by atomic mass is 10.1. The van der Waals surface area contributed by atoms with Crippen LogP contribution in [0.3, 0.4) is 0 Å². The van der Waals surface area contributed by atoms with Crippen LogP contribution in [-0.4, -0.2) is 13.1 Å². The summed E-state index contributed by atoms with van der Waals surface area (Å²) in [6.45, 7) is 5.10. The van der Waals surface area contributed by atoms with E-state index >= 15 is 0 Å². The number of rotatable bonds is 4. The Kier molecular flexibility index (Phi) is 4.51. The monoisotopic (exact) mass is 230 g/mol. The molecule has 4 heteroatoms. The zero-order chi connectivity index (χ0) is 11.4. The van der Waals surface area contributed by atoms with Gasteiger partial charge in [-0.15, -0.1) is 0 Å². The number of nitrogens with two attached hydrogens (primary N) is 1. The van der Waals surface area contributed by atoms with Crippen LogP contribution in [-0.2, 0) is 0 Å². The second-order valence-electron chi connectivity index (χ2n) is 3.54. The Morgan fingerprint density at radius 3 is 2.80 bits per heavy atom. The van der Waals surface area contributed by atoms with Gasteiger partial charge in [0.15, 0.2) is 0 Å². The summed E-state index contributed by atoms with van der Waals surface area (Å²) in [6, 6.07) is 2.75. The lowest BCUT2D eigenvalue weighted by Gasteiger charge is -2.14. The second kappa shape index (κ2) is 5.45. The van der Waals surface area contributed by atoms with Crippen LogP contribution >= 0.6 is 11.6 Å². The number of hydrogen-bond donors (Lipinski definition) is 2. The Bertz CT molecular complexity index is 342. The maximum atomic E-state index is 13.3. The van der Waals surface area contributed by atoms with Crippen molar-refractivity contribution in [3.05, 3.63) is 34.1 Å². The highest BCUT2D eigenvalue weighted by atomic mass is 35.5. The molecule has 1 aromatic rings. The Labute approximate surface area is 94.6 Å². The first-order valence-electron chi connectivity index (χ1n) is 4.98. The molecule has 1 aromatic carbocycles. The summed E-state index contributed by atoms with van der Waals surface area (Å²) in [4.78, 5) is 0. The van der Waals surface area contributed by atoms with Gasteiger partial charge in [-0.2, -0.15) is 0 Å². The number of halogens is 2. The molecule has 0 saturated heterocycles. The van der Waals surface area contributed by atoms with Crippen molar-refractivity contribution in [2.75, 3.05) is 13.1 Å². The van der Waals surface area contributed by atoms with Crippen molar-refractivity contribution in [2.24, 2.45) is 5.73 Å². The molecule has 1 unspecified atom stereocenters. The van der Waals surface area contributed by atoms with Gasteiger partial charge in [0.2, 0.25) is 0 Å². The smallest absolute Gasteiger partial charge is 0.126 e. The highest BCUT2D eigenvalue weighted by Gasteiger charge is 2.12. The van der Waals surface area contributed by atoms with Crippen molar-refractivity contribution in [1.29, 1.82) is 0 Å². The predicted molar refractivity (Wildman–Crippen MR) is 61.6 cm³/mol. The van der Waals surface area contributed by atoms with E-state index in [4.69, 9.17) is 17.3 Å². The van der Waals surface area contributed by atoms with Crippen molar-refractivity contribution >= 4 is 11.6 Å². The van der Waals surface area contributed by atoms with Crippen molar-refractivity contribution in [3.8, 4) is 0 Å². The van der Waals surface area contributed by atoms with Gasteiger partial charge in [-0.05, 0) is 36.7 Å². The molecule has 0 saturated carbocycles. The zero-order valence-corrected chi connectivity index (χ0v) is 9.74. The fourth-order valence-corrected chi connectivity index (χ4v) is 1.71. The van der Waals surface area contributed by atoms with E-state index in [0.717, 1.165) is 6.54 Å². The Morgan fingerprint density at radius 2 is 2.20 bits per heavy atom. The van der Waals surface area contributed by atoms with E-state index in [2.05, 4.69) is 5.32 Å². The first kappa shape index (κ1) is 12.4. The first-order chi connectivity index (χ1) is 7.06. The number of hydrogen-bond acceptors (Lipinski definition) is 2. The Hall–Kier alpha value is -0.640. The fraction of sp³-hybridized carbons (Fsp3) is 0.455. The van der Waals surface area contributed by atoms with Gasteiger partial charge >= 0.3 is 0 Å². The largest absolute Gasteiger partial charge is 0.323 e. The third-order valence-corrected chi connectivity index (χ3v) is 2.62. The molecule has 0 spiro atoms. The van der Waals surface area contributed by atoms with Crippen LogP contribution in [0.25, 0.3) is 0 Å². The number of nitrogens with one attached hydrogen (secondary N) is 1. The van der Waals surface area contributed by atoms with Gasteiger partial charge in [0.05, 0.1) is 0 Å². The average Bonchev–Trinajstić information content (AvgIpc) is 2.20. The SMILES string of the molecule is CCNCC(N)c1cc(F)c(C)cc1Cl. The van der Waals surface area contributed by atoms with Crippen LogP contribution < -0.4 is 11.1 Å². The minimum atomic E-state index is -0.271. The second-order valence-corrected chi connectivity index (χ2v) is 3.94. The lowest BCUT2D eigenvalue weighted by Crippen LogP contribution is -2.27. The maximum Gasteiger partial charge on any atom is 0.126 e. The third-order valence-electron chi connectivity index (χ3n) is 2.29. The molecule has 0 aliphatic heterocycles. The first-order valence-corrected chi connectivity index (χ1v) is 5.36. The fourth-order valence-electron chi connectivity index (χ4n) is 1.36. The lowest BCUT2D eigenvalue weighted by molar-refractivity contribution is 0.593. The normalized spacial score (nSPS) is 12.9. The van der Waals surface area contributed by atoms with Gasteiger partial charge < -0.3 is 11.1 Å². The molecule has 0 radical (unpaired) electrons. The molecular formula is C11H16ClFN2. The summed E-state index contributed by atoms with van der Waals surface area (Å²) in [7, 11) is 0. The van der Waals surface area contributed by atoms with E-state index in [1.807, 2.05) is 6.92 Å². The van der Waals surface area contributed by atoms with E-state index in [-0.39, 0.29) is 11.9 Å². The summed E-state index contributed by atoms with van der Waals surface area (Å²) in [6.07, 6.45) is 0. The molecule has 0 heterocycles. The van der Waals surface area contributed by atoms with Gasteiger partial charge in [-0.25, -0.2) is 4.39 Å². The molecule has 0 fully saturated rings. The molecule has 0 aromatic heterocycles. The molecule has 15 heavy (non-hydrogen) atoms. The molecule has 84 valence electrons. The van der Waals surface area contributed by atoms with E-state index in [1.54, 1.807) is 13.0 Å². The van der Waals surface area contributed by atoms with Gasteiger partial charge in [0, 0.05) is 17.6 Å². The third kappa shape index (κ3) is 3.16. The molecule has 1 rings (SSSR count). The maximum absolute atomic E-state index is 13.3. The van der Waals surface area contributed by atoms with Gasteiger partial charge in [0.1, 0.15) is 5.82 Å². The summed E-state index contributed by atoms with van der Waals surface area (Å²) >= 11 is 6.00. The van der Waals surface area contributed by atoms with E-state index < -0.39 is 0 Å². The van der Waals surface area contributed by atoms with E-state index in [1.165, 1.54) is 6.07 Å². The van der Waals surface area contributed by atoms with Gasteiger partial charge in [0.25, 0.3) is 0 Å². The van der Waals surface area contributed by atoms with Crippen molar-refractivity contribution < 1.29 is 4.39 Å². The molecule has 0 amide bonds. The molecule has 2 nitrogen and oxygen atoms in total. The van der Waals surface area contributed by atoms with Gasteiger partial charge in [-0.3, -0.25) is 0 Å². The Morgan fingerprint density at radius 1 is 1.53 bits per heavy atom. The number of aryl methyl sites for hydroxylation is 1. The van der Waals surface area contributed by atoms with Gasteiger partial charge in [-0.1, -0.05) is 18.5 Å². The minimum Gasteiger partial charge on any atom is -0.323 e. The average molecular weight is 231 g/mol. The zero-order valence-electron chi connectivity index (χ0n) is 8.98. The summed E-state index contributed by atoms with van der Waals surface area (Å²) < 4.78 is 13.3. The van der Waals surface area contributed by atoms with Crippen LogP contribution in [0.5, 0.6) is 0 Å². The van der Waals surface area contributed by atoms with Crippen LogP contribution in [0.1, 0.15) is 24.1 Å². The van der Waals surface area contributed by atoms with Crippen LogP contribution in [0.4, 0.5) is 4.39 Å². The topological polar surface area (TPSA) is 38.0 Å². The van der Waals surface area contributed by atoms with Crippen LogP contribution in [0.15, 0.2) is 12.1 Å². The highest BCUT2D eigenvalue weighted by Crippen LogP contribution is 2.24. The van der Waals surface area contributed by atoms with Crippen LogP contribution in [0.2, 0.25) is 5.02 Å². The molecular weight excluding hydrogens is 215 g/mol. The molecule has 1 atom stereocenters. The van der Waals surface area contributed by atoms with E-state index in [0.29, 0.717) is 22.7 Å². The van der Waals surface area contributed by atoms with E-state index in [9.17, 15) is 4.39 Å². The Balaban J connectivity index is 2.88. The predicted octanol–water partition coefficient (Wildman–Crippen LogP) is 2.40.